The summed E-state index contributed by atoms with van der Waals surface area (Å²) >= 11 is 0. The summed E-state index contributed by atoms with van der Waals surface area (Å²) in [5, 5.41) is 2.79. The second-order valence-electron chi connectivity index (χ2n) is 6.28. The van der Waals surface area contributed by atoms with Crippen LogP contribution in [0.2, 0.25) is 0 Å². The highest BCUT2D eigenvalue weighted by molar-refractivity contribution is 7.92. The van der Waals surface area contributed by atoms with Crippen LogP contribution >= 0.6 is 0 Å². The molecule has 6 heteroatoms. The smallest absolute Gasteiger partial charge is 0.241 e. The van der Waals surface area contributed by atoms with E-state index in [1.807, 2.05) is 63.2 Å². The maximum Gasteiger partial charge on any atom is 0.241 e. The first kappa shape index (κ1) is 19.0. The molecular formula is C19H24N2O3S. The fourth-order valence-electron chi connectivity index (χ4n) is 2.77. The predicted molar refractivity (Wildman–Crippen MR) is 101 cm³/mol. The van der Waals surface area contributed by atoms with Gasteiger partial charge in [0, 0.05) is 6.54 Å². The summed E-state index contributed by atoms with van der Waals surface area (Å²) in [6.45, 7) is 5.79. The van der Waals surface area contributed by atoms with Gasteiger partial charge in [-0.2, -0.15) is 0 Å². The molecule has 2 aromatic carbocycles. The fourth-order valence-corrected chi connectivity index (χ4v) is 3.74. The summed E-state index contributed by atoms with van der Waals surface area (Å²) in [4.78, 5) is 12.3. The normalized spacial score (nSPS) is 11.2. The molecule has 0 aliphatic rings. The average Bonchev–Trinajstić information content (AvgIpc) is 2.51. The third kappa shape index (κ3) is 5.06. The van der Waals surface area contributed by atoms with Crippen molar-refractivity contribution in [3.63, 3.8) is 0 Å². The van der Waals surface area contributed by atoms with Gasteiger partial charge in [-0.3, -0.25) is 9.10 Å². The molecule has 134 valence electrons. The molecule has 0 aliphatic heterocycles. The number of nitrogens with zero attached hydrogens (tertiary/aromatic N) is 1. The number of hydrogen-bond acceptors (Lipinski definition) is 3. The number of benzene rings is 2. The van der Waals surface area contributed by atoms with Gasteiger partial charge in [0.15, 0.2) is 0 Å². The number of amides is 1. The second-order valence-corrected chi connectivity index (χ2v) is 8.18. The zero-order valence-electron chi connectivity index (χ0n) is 15.0. The number of sulfonamides is 1. The molecule has 1 amide bonds. The van der Waals surface area contributed by atoms with Crippen molar-refractivity contribution in [2.24, 2.45) is 0 Å². The Kier molecular flexibility index (Phi) is 5.85. The van der Waals surface area contributed by atoms with Crippen molar-refractivity contribution in [1.29, 1.82) is 0 Å². The van der Waals surface area contributed by atoms with Crippen molar-refractivity contribution in [3.05, 3.63) is 64.7 Å². The van der Waals surface area contributed by atoms with Crippen molar-refractivity contribution in [1.82, 2.24) is 5.32 Å². The van der Waals surface area contributed by atoms with Crippen LogP contribution in [0.25, 0.3) is 0 Å². The van der Waals surface area contributed by atoms with Gasteiger partial charge in [-0.25, -0.2) is 8.42 Å². The molecule has 0 unspecified atom stereocenters. The van der Waals surface area contributed by atoms with Crippen LogP contribution in [0.4, 0.5) is 5.69 Å². The summed E-state index contributed by atoms with van der Waals surface area (Å²) in [6.07, 6.45) is 1.12. The quantitative estimate of drug-likeness (QED) is 0.861. The Morgan fingerprint density at radius 3 is 2.20 bits per heavy atom. The van der Waals surface area contributed by atoms with E-state index in [-0.39, 0.29) is 12.5 Å². The lowest BCUT2D eigenvalue weighted by atomic mass is 10.1. The topological polar surface area (TPSA) is 66.5 Å². The molecule has 0 atom stereocenters. The number of nitrogens with one attached hydrogen (secondary N) is 1. The minimum absolute atomic E-state index is 0.240. The van der Waals surface area contributed by atoms with Gasteiger partial charge in [-0.1, -0.05) is 48.0 Å². The SMILES string of the molecule is Cc1cccc(CNC(=O)CN(c2c(C)cccc2C)S(C)(=O)=O)c1. The average molecular weight is 360 g/mol. The van der Waals surface area contributed by atoms with Gasteiger partial charge in [0.1, 0.15) is 6.54 Å². The summed E-state index contributed by atoms with van der Waals surface area (Å²) in [6, 6.07) is 13.4. The van der Waals surface area contributed by atoms with E-state index in [1.165, 1.54) is 4.31 Å². The first-order valence-corrected chi connectivity index (χ1v) is 9.89. The van der Waals surface area contributed by atoms with Crippen LogP contribution in [0, 0.1) is 20.8 Å². The molecule has 0 aromatic heterocycles. The van der Waals surface area contributed by atoms with Gasteiger partial charge in [0.25, 0.3) is 0 Å². The van der Waals surface area contributed by atoms with E-state index < -0.39 is 10.0 Å². The van der Waals surface area contributed by atoms with Crippen LogP contribution in [0.1, 0.15) is 22.3 Å². The minimum atomic E-state index is -3.58. The molecule has 0 bridgehead atoms. The number of hydrogen-bond donors (Lipinski definition) is 1. The van der Waals surface area contributed by atoms with Gasteiger partial charge in [-0.15, -0.1) is 0 Å². The Morgan fingerprint density at radius 1 is 1.04 bits per heavy atom. The molecule has 5 nitrogen and oxygen atoms in total. The molecule has 0 spiro atoms. The third-order valence-corrected chi connectivity index (χ3v) is 5.06. The molecule has 2 aromatic rings. The Balaban J connectivity index is 2.16. The zero-order valence-corrected chi connectivity index (χ0v) is 15.9. The summed E-state index contributed by atoms with van der Waals surface area (Å²) in [5.41, 5.74) is 4.29. The van der Waals surface area contributed by atoms with Gasteiger partial charge in [0.2, 0.25) is 15.9 Å². The maximum absolute atomic E-state index is 12.3. The first-order chi connectivity index (χ1) is 11.7. The number of carbonyl (C=O) groups excluding carboxylic acids is 1. The molecule has 0 fully saturated rings. The molecule has 2 rings (SSSR count). The predicted octanol–water partition coefficient (Wildman–Crippen LogP) is 2.69. The number of para-hydroxylation sites is 1. The van der Waals surface area contributed by atoms with Crippen LogP contribution in [-0.2, 0) is 21.4 Å². The number of aryl methyl sites for hydroxylation is 3. The molecule has 1 N–H and O–H groups in total. The Labute approximate surface area is 149 Å². The van der Waals surface area contributed by atoms with E-state index in [0.717, 1.165) is 28.5 Å². The van der Waals surface area contributed by atoms with Gasteiger partial charge >= 0.3 is 0 Å². The molecule has 0 aliphatic carbocycles. The van der Waals surface area contributed by atoms with Crippen molar-refractivity contribution in [2.75, 3.05) is 17.1 Å². The highest BCUT2D eigenvalue weighted by Gasteiger charge is 2.23. The number of anilines is 1. The van der Waals surface area contributed by atoms with Crippen LogP contribution in [0.3, 0.4) is 0 Å². The van der Waals surface area contributed by atoms with E-state index in [4.69, 9.17) is 0 Å². The Hall–Kier alpha value is -2.34. The van der Waals surface area contributed by atoms with Crippen molar-refractivity contribution in [3.8, 4) is 0 Å². The van der Waals surface area contributed by atoms with E-state index in [1.54, 1.807) is 0 Å². The van der Waals surface area contributed by atoms with Crippen molar-refractivity contribution >= 4 is 21.6 Å². The lowest BCUT2D eigenvalue weighted by molar-refractivity contribution is -0.119. The maximum atomic E-state index is 12.3. The summed E-state index contributed by atoms with van der Waals surface area (Å²) in [7, 11) is -3.58. The van der Waals surface area contributed by atoms with Crippen LogP contribution in [0.5, 0.6) is 0 Å². The standard InChI is InChI=1S/C19H24N2O3S/c1-14-7-5-10-17(11-14)12-20-18(22)13-21(25(4,23)24)19-15(2)8-6-9-16(19)3/h5-11H,12-13H2,1-4H3,(H,20,22). The van der Waals surface area contributed by atoms with Crippen molar-refractivity contribution in [2.45, 2.75) is 27.3 Å². The number of carbonyl (C=O) groups is 1. The monoisotopic (exact) mass is 360 g/mol. The highest BCUT2D eigenvalue weighted by Crippen LogP contribution is 2.26. The zero-order chi connectivity index (χ0) is 18.6. The van der Waals surface area contributed by atoms with E-state index in [2.05, 4.69) is 5.32 Å². The molecular weight excluding hydrogens is 336 g/mol. The first-order valence-electron chi connectivity index (χ1n) is 8.04. The van der Waals surface area contributed by atoms with Gasteiger partial charge < -0.3 is 5.32 Å². The van der Waals surface area contributed by atoms with Crippen LogP contribution < -0.4 is 9.62 Å². The summed E-state index contributed by atoms with van der Waals surface area (Å²) in [5.74, 6) is -0.338. The second kappa shape index (κ2) is 7.70. The lowest BCUT2D eigenvalue weighted by Gasteiger charge is -2.25. The van der Waals surface area contributed by atoms with E-state index in [9.17, 15) is 13.2 Å². The van der Waals surface area contributed by atoms with Crippen LogP contribution in [0.15, 0.2) is 42.5 Å². The molecule has 0 heterocycles. The summed E-state index contributed by atoms with van der Waals surface area (Å²) < 4.78 is 25.6. The molecule has 25 heavy (non-hydrogen) atoms. The van der Waals surface area contributed by atoms with Gasteiger partial charge in [-0.05, 0) is 37.5 Å². The molecule has 0 radical (unpaired) electrons. The number of rotatable bonds is 6. The lowest BCUT2D eigenvalue weighted by Crippen LogP contribution is -2.40. The van der Waals surface area contributed by atoms with E-state index >= 15 is 0 Å². The Bertz CT molecular complexity index is 856. The Morgan fingerprint density at radius 2 is 1.64 bits per heavy atom. The highest BCUT2D eigenvalue weighted by atomic mass is 32.2. The fraction of sp³-hybridized carbons (Fsp3) is 0.316. The molecule has 0 saturated heterocycles. The third-order valence-electron chi connectivity index (χ3n) is 3.95. The van der Waals surface area contributed by atoms with E-state index in [0.29, 0.717) is 12.2 Å². The largest absolute Gasteiger partial charge is 0.350 e. The van der Waals surface area contributed by atoms with Crippen molar-refractivity contribution < 1.29 is 13.2 Å². The molecule has 0 saturated carbocycles. The van der Waals surface area contributed by atoms with Gasteiger partial charge in [0.05, 0.1) is 11.9 Å². The van der Waals surface area contributed by atoms with Crippen LogP contribution in [-0.4, -0.2) is 27.1 Å². The minimum Gasteiger partial charge on any atom is -0.350 e.